The Kier molecular flexibility index (Phi) is 5.44. The van der Waals surface area contributed by atoms with Crippen molar-refractivity contribution in [2.24, 2.45) is 25.2 Å². The Morgan fingerprint density at radius 2 is 1.87 bits per heavy atom. The summed E-state index contributed by atoms with van der Waals surface area (Å²) in [5.74, 6) is 0.359. The van der Waals surface area contributed by atoms with E-state index in [2.05, 4.69) is 4.98 Å². The quantitative estimate of drug-likeness (QED) is 0.353. The maximum Gasteiger partial charge on any atom is 0.332 e. The number of nitrogens with two attached hydrogens (primary N) is 1. The van der Waals surface area contributed by atoms with E-state index in [1.807, 2.05) is 31.2 Å². The summed E-state index contributed by atoms with van der Waals surface area (Å²) in [5, 5.41) is 11.4. The zero-order chi connectivity index (χ0) is 26.9. The molecule has 1 aromatic carbocycles. The maximum absolute atomic E-state index is 13.6. The molecule has 38 heavy (non-hydrogen) atoms. The van der Waals surface area contributed by atoms with Crippen LogP contribution in [0.3, 0.4) is 0 Å². The van der Waals surface area contributed by atoms with Gasteiger partial charge < -0.3 is 4.57 Å². The Hall–Kier alpha value is -4.03. The molecule has 1 aliphatic carbocycles. The largest absolute Gasteiger partial charge is 0.348 e. The van der Waals surface area contributed by atoms with Gasteiger partial charge in [-0.3, -0.25) is 23.6 Å². The van der Waals surface area contributed by atoms with Gasteiger partial charge in [0.1, 0.15) is 16.0 Å². The smallest absolute Gasteiger partial charge is 0.332 e. The molecule has 0 atom stereocenters. The highest BCUT2D eigenvalue weighted by atomic mass is 32.2. The van der Waals surface area contributed by atoms with Gasteiger partial charge in [0.2, 0.25) is 10.0 Å². The lowest BCUT2D eigenvalue weighted by Gasteiger charge is -2.11. The average molecular weight is 534 g/mol. The molecule has 5 aromatic rings. The Morgan fingerprint density at radius 1 is 1.11 bits per heavy atom. The number of nitrogens with zero attached hydrogens (tertiary/aromatic N) is 6. The lowest BCUT2D eigenvalue weighted by atomic mass is 10.1. The summed E-state index contributed by atoms with van der Waals surface area (Å²) in [4.78, 5) is 31.1. The standard InChI is InChI=1S/C26H27N7O4S/c1-15-4-7-20-19(10-15)17(8-9-28-20)13-33-23(21-11-18(14-30(21)2)38(27,36)37)22-24(29-33)32(12-16-5-6-16)26(35)31(3)25(22)34/h4,7-11,14,16H,5-6,12-13H2,1-3H3,(H2,27,36,37). The third-order valence-corrected chi connectivity index (χ3v) is 8.10. The SMILES string of the molecule is Cc1ccc2nccc(Cn3nc4c(c3-c3cc(S(N)(=O)=O)cn3C)c(=O)n(C)c(=O)n4CC3CC3)c2c1. The highest BCUT2D eigenvalue weighted by Crippen LogP contribution is 2.33. The first-order valence-electron chi connectivity index (χ1n) is 12.3. The second-order valence-corrected chi connectivity index (χ2v) is 11.7. The van der Waals surface area contributed by atoms with Crippen molar-refractivity contribution < 1.29 is 8.42 Å². The predicted molar refractivity (Wildman–Crippen MR) is 143 cm³/mol. The molecule has 11 nitrogen and oxygen atoms in total. The molecule has 196 valence electrons. The summed E-state index contributed by atoms with van der Waals surface area (Å²) >= 11 is 0. The maximum atomic E-state index is 13.6. The summed E-state index contributed by atoms with van der Waals surface area (Å²) in [6.07, 6.45) is 5.16. The van der Waals surface area contributed by atoms with Crippen LogP contribution in [0.5, 0.6) is 0 Å². The van der Waals surface area contributed by atoms with Gasteiger partial charge >= 0.3 is 5.69 Å². The van der Waals surface area contributed by atoms with Crippen LogP contribution in [0.2, 0.25) is 0 Å². The van der Waals surface area contributed by atoms with Gasteiger partial charge in [0, 0.05) is 38.4 Å². The fourth-order valence-corrected chi connectivity index (χ4v) is 5.58. The van der Waals surface area contributed by atoms with Gasteiger partial charge in [0.15, 0.2) is 5.65 Å². The van der Waals surface area contributed by atoms with Crippen LogP contribution < -0.4 is 16.4 Å². The fourth-order valence-electron chi connectivity index (χ4n) is 5.00. The van der Waals surface area contributed by atoms with E-state index < -0.39 is 21.3 Å². The number of aryl methyl sites for hydroxylation is 2. The number of sulfonamides is 1. The number of fused-ring (bicyclic) bond motifs is 2. The van der Waals surface area contributed by atoms with Gasteiger partial charge in [-0.1, -0.05) is 11.6 Å². The Balaban J connectivity index is 1.68. The normalized spacial score (nSPS) is 14.1. The van der Waals surface area contributed by atoms with Crippen molar-refractivity contribution in [3.8, 4) is 11.4 Å². The minimum atomic E-state index is -3.99. The van der Waals surface area contributed by atoms with Crippen LogP contribution in [0.4, 0.5) is 0 Å². The van der Waals surface area contributed by atoms with Crippen LogP contribution in [0.15, 0.2) is 57.2 Å². The lowest BCUT2D eigenvalue weighted by molar-refractivity contribution is 0.572. The van der Waals surface area contributed by atoms with Crippen molar-refractivity contribution in [3.63, 3.8) is 0 Å². The predicted octanol–water partition coefficient (Wildman–Crippen LogP) is 1.86. The number of benzene rings is 1. The topological polar surface area (TPSA) is 140 Å². The van der Waals surface area contributed by atoms with E-state index in [1.54, 1.807) is 27.1 Å². The van der Waals surface area contributed by atoms with Crippen LogP contribution in [-0.4, -0.2) is 36.9 Å². The van der Waals surface area contributed by atoms with E-state index in [0.29, 0.717) is 23.9 Å². The van der Waals surface area contributed by atoms with Crippen molar-refractivity contribution in [2.45, 2.75) is 37.8 Å². The second-order valence-electron chi connectivity index (χ2n) is 10.1. The summed E-state index contributed by atoms with van der Waals surface area (Å²) in [6.45, 7) is 2.74. The Labute approximate surface area is 217 Å². The molecule has 0 aliphatic heterocycles. The highest BCUT2D eigenvalue weighted by Gasteiger charge is 2.29. The van der Waals surface area contributed by atoms with E-state index >= 15 is 0 Å². The van der Waals surface area contributed by atoms with Crippen molar-refractivity contribution in [3.05, 3.63) is 74.7 Å². The Morgan fingerprint density at radius 3 is 2.55 bits per heavy atom. The fraction of sp³-hybridized carbons (Fsp3) is 0.308. The molecular formula is C26H27N7O4S. The van der Waals surface area contributed by atoms with Crippen LogP contribution >= 0.6 is 0 Å². The zero-order valence-corrected chi connectivity index (χ0v) is 22.1. The molecule has 0 amide bonds. The third kappa shape index (κ3) is 3.96. The molecule has 4 aromatic heterocycles. The molecule has 1 fully saturated rings. The number of hydrogen-bond donors (Lipinski definition) is 1. The van der Waals surface area contributed by atoms with Crippen LogP contribution in [0.1, 0.15) is 24.0 Å². The first kappa shape index (κ1) is 24.3. The molecule has 1 saturated carbocycles. The monoisotopic (exact) mass is 533 g/mol. The summed E-state index contributed by atoms with van der Waals surface area (Å²) in [6, 6.07) is 9.32. The van der Waals surface area contributed by atoms with E-state index in [1.165, 1.54) is 19.3 Å². The number of pyridine rings is 1. The van der Waals surface area contributed by atoms with Gasteiger partial charge in [0.05, 0.1) is 17.8 Å². The highest BCUT2D eigenvalue weighted by molar-refractivity contribution is 7.89. The molecule has 0 saturated heterocycles. The summed E-state index contributed by atoms with van der Waals surface area (Å²) < 4.78 is 30.3. The first-order chi connectivity index (χ1) is 18.0. The van der Waals surface area contributed by atoms with Gasteiger partial charge in [-0.15, -0.1) is 0 Å². The molecule has 0 bridgehead atoms. The van der Waals surface area contributed by atoms with E-state index in [-0.39, 0.29) is 22.5 Å². The van der Waals surface area contributed by atoms with E-state index in [0.717, 1.165) is 39.4 Å². The summed E-state index contributed by atoms with van der Waals surface area (Å²) in [5.41, 5.74) is 3.04. The molecule has 4 heterocycles. The van der Waals surface area contributed by atoms with Gasteiger partial charge in [-0.2, -0.15) is 5.10 Å². The molecule has 6 rings (SSSR count). The van der Waals surface area contributed by atoms with Gasteiger partial charge in [-0.05, 0) is 55.5 Å². The Bertz CT molecular complexity index is 1990. The number of hydrogen-bond acceptors (Lipinski definition) is 6. The van der Waals surface area contributed by atoms with Crippen molar-refractivity contribution in [1.82, 2.24) is 28.5 Å². The van der Waals surface area contributed by atoms with Gasteiger partial charge in [-0.25, -0.2) is 18.4 Å². The average Bonchev–Trinajstić information content (AvgIpc) is 3.49. The molecule has 0 spiro atoms. The molecule has 0 radical (unpaired) electrons. The molecule has 0 unspecified atom stereocenters. The zero-order valence-electron chi connectivity index (χ0n) is 21.2. The molecule has 12 heteroatoms. The summed E-state index contributed by atoms with van der Waals surface area (Å²) in [7, 11) is -0.856. The number of primary sulfonamides is 1. The number of rotatable bonds is 6. The number of aromatic nitrogens is 6. The molecule has 1 aliphatic rings. The van der Waals surface area contributed by atoms with Crippen LogP contribution in [0, 0.1) is 12.8 Å². The van der Waals surface area contributed by atoms with E-state index in [4.69, 9.17) is 10.2 Å². The van der Waals surface area contributed by atoms with Gasteiger partial charge in [0.25, 0.3) is 5.56 Å². The first-order valence-corrected chi connectivity index (χ1v) is 13.8. The van der Waals surface area contributed by atoms with E-state index in [9.17, 15) is 18.0 Å². The lowest BCUT2D eigenvalue weighted by Crippen LogP contribution is -2.38. The van der Waals surface area contributed by atoms with Crippen LogP contribution in [-0.2, 0) is 37.2 Å². The van der Waals surface area contributed by atoms with Crippen molar-refractivity contribution >= 4 is 32.0 Å². The molecular weight excluding hydrogens is 506 g/mol. The van der Waals surface area contributed by atoms with Crippen LogP contribution in [0.25, 0.3) is 33.3 Å². The molecule has 2 N–H and O–H groups in total. The minimum absolute atomic E-state index is 0.0796. The third-order valence-electron chi connectivity index (χ3n) is 7.22. The second kappa shape index (κ2) is 8.50. The van der Waals surface area contributed by atoms with Crippen molar-refractivity contribution in [2.75, 3.05) is 0 Å². The van der Waals surface area contributed by atoms with Crippen molar-refractivity contribution in [1.29, 1.82) is 0 Å². The minimum Gasteiger partial charge on any atom is -0.348 e.